The highest BCUT2D eigenvalue weighted by molar-refractivity contribution is 7.97. The van der Waals surface area contributed by atoms with E-state index in [0.29, 0.717) is 23.6 Å². The number of sulfone groups is 1. The minimum atomic E-state index is -4.23. The van der Waals surface area contributed by atoms with Crippen molar-refractivity contribution in [3.8, 4) is 5.75 Å². The molecule has 0 radical (unpaired) electrons. The molecule has 0 bridgehead atoms. The van der Waals surface area contributed by atoms with E-state index in [-0.39, 0.29) is 16.2 Å². The lowest BCUT2D eigenvalue weighted by atomic mass is 10.1. The molecule has 8 nitrogen and oxygen atoms in total. The quantitative estimate of drug-likeness (QED) is 0.241. The minimum absolute atomic E-state index is 0.125. The molecule has 0 aromatic heterocycles. The number of nitro benzene ring substituents is 1. The van der Waals surface area contributed by atoms with Gasteiger partial charge in [0, 0.05) is 17.8 Å². The van der Waals surface area contributed by atoms with Crippen LogP contribution < -0.4 is 9.64 Å². The Labute approximate surface area is 209 Å². The zero-order valence-electron chi connectivity index (χ0n) is 19.7. The van der Waals surface area contributed by atoms with Gasteiger partial charge in [-0.3, -0.25) is 19.8 Å². The summed E-state index contributed by atoms with van der Waals surface area (Å²) in [5.41, 5.74) is 1.61. The molecule has 0 saturated carbocycles. The topological polar surface area (TPSA) is 107 Å². The summed E-state index contributed by atoms with van der Waals surface area (Å²) < 4.78 is 33.0. The highest BCUT2D eigenvalue weighted by Gasteiger charge is 2.50. The van der Waals surface area contributed by atoms with Crippen molar-refractivity contribution in [2.24, 2.45) is 0 Å². The molecule has 1 atom stereocenters. The van der Waals surface area contributed by atoms with Crippen molar-refractivity contribution in [2.75, 3.05) is 11.5 Å². The van der Waals surface area contributed by atoms with Crippen LogP contribution in [0.25, 0.3) is 6.08 Å². The number of hydrogen-bond donors (Lipinski definition) is 0. The zero-order valence-corrected chi connectivity index (χ0v) is 20.5. The number of carbonyl (C=O) groups is 1. The van der Waals surface area contributed by atoms with Crippen molar-refractivity contribution in [2.45, 2.75) is 19.2 Å². The van der Waals surface area contributed by atoms with Gasteiger partial charge in [-0.2, -0.15) is 0 Å². The monoisotopic (exact) mass is 504 g/mol. The van der Waals surface area contributed by atoms with Gasteiger partial charge in [-0.1, -0.05) is 48.5 Å². The van der Waals surface area contributed by atoms with Crippen LogP contribution in [-0.4, -0.2) is 25.9 Å². The van der Waals surface area contributed by atoms with E-state index >= 15 is 0 Å². The van der Waals surface area contributed by atoms with Crippen LogP contribution in [0.1, 0.15) is 30.3 Å². The van der Waals surface area contributed by atoms with E-state index in [0.717, 1.165) is 10.5 Å². The van der Waals surface area contributed by atoms with Gasteiger partial charge >= 0.3 is 0 Å². The van der Waals surface area contributed by atoms with Crippen LogP contribution in [0.2, 0.25) is 0 Å². The normalized spacial score (nSPS) is 18.4. The van der Waals surface area contributed by atoms with E-state index in [1.165, 1.54) is 30.3 Å². The third-order valence-electron chi connectivity index (χ3n) is 5.61. The summed E-state index contributed by atoms with van der Waals surface area (Å²) in [4.78, 5) is 25.2. The number of benzene rings is 3. The summed E-state index contributed by atoms with van der Waals surface area (Å²) in [7, 11) is -4.23. The fraction of sp³-hybridized carbons (Fsp3) is 0.148. The predicted molar refractivity (Wildman–Crippen MR) is 138 cm³/mol. The van der Waals surface area contributed by atoms with Gasteiger partial charge in [0.15, 0.2) is 5.37 Å². The molecule has 1 unspecified atom stereocenters. The van der Waals surface area contributed by atoms with Gasteiger partial charge in [0.2, 0.25) is 9.84 Å². The summed E-state index contributed by atoms with van der Waals surface area (Å²) in [5.74, 6) is -0.142. The van der Waals surface area contributed by atoms with Crippen molar-refractivity contribution >= 4 is 33.2 Å². The Balaban J connectivity index is 1.86. The molecule has 1 amide bonds. The number of allylic oxidation sites excluding steroid dienone is 2. The van der Waals surface area contributed by atoms with Gasteiger partial charge in [-0.25, -0.2) is 8.42 Å². The second kappa shape index (κ2) is 10.2. The maximum absolute atomic E-state index is 13.8. The van der Waals surface area contributed by atoms with E-state index < -0.39 is 26.0 Å². The maximum Gasteiger partial charge on any atom is 0.271 e. The number of nitro groups is 1. The Morgan fingerprint density at radius 1 is 1.06 bits per heavy atom. The third-order valence-corrected chi connectivity index (χ3v) is 7.59. The first-order valence-electron chi connectivity index (χ1n) is 11.2. The zero-order chi connectivity index (χ0) is 25.9. The number of carbonyl (C=O) groups excluding carboxylic acids is 1. The Morgan fingerprint density at radius 3 is 2.39 bits per heavy atom. The molecular formula is C27H24N2O6S. The molecule has 1 fully saturated rings. The molecule has 1 heterocycles. The molecule has 4 rings (SSSR count). The number of hydrogen-bond acceptors (Lipinski definition) is 6. The lowest BCUT2D eigenvalue weighted by Crippen LogP contribution is -2.29. The van der Waals surface area contributed by atoms with Crippen molar-refractivity contribution in [1.82, 2.24) is 0 Å². The number of non-ortho nitro benzene ring substituents is 1. The van der Waals surface area contributed by atoms with Crippen molar-refractivity contribution in [1.29, 1.82) is 0 Å². The van der Waals surface area contributed by atoms with E-state index in [9.17, 15) is 23.3 Å². The minimum Gasteiger partial charge on any atom is -0.494 e. The van der Waals surface area contributed by atoms with Crippen LogP contribution >= 0.6 is 0 Å². The second-order valence-electron chi connectivity index (χ2n) is 8.16. The smallest absolute Gasteiger partial charge is 0.271 e. The highest BCUT2D eigenvalue weighted by atomic mass is 32.2. The first-order valence-corrected chi connectivity index (χ1v) is 12.8. The molecule has 36 heavy (non-hydrogen) atoms. The predicted octanol–water partition coefficient (Wildman–Crippen LogP) is 5.44. The number of rotatable bonds is 7. The summed E-state index contributed by atoms with van der Waals surface area (Å²) >= 11 is 0. The Bertz CT molecular complexity index is 1460. The highest BCUT2D eigenvalue weighted by Crippen LogP contribution is 2.44. The molecule has 0 spiro atoms. The Kier molecular flexibility index (Phi) is 7.03. The molecule has 3 aromatic carbocycles. The largest absolute Gasteiger partial charge is 0.494 e. The molecule has 3 aromatic rings. The number of amides is 1. The SMILES string of the molecule is CCOc1ccc(N2C(=O)/C(=C\C(C)=C\c3ccccc3)S(=O)(=O)C2c2cccc([N+](=O)[O-])c2)cc1. The summed E-state index contributed by atoms with van der Waals surface area (Å²) in [6.07, 6.45) is 3.13. The van der Waals surface area contributed by atoms with Gasteiger partial charge in [0.1, 0.15) is 10.7 Å². The van der Waals surface area contributed by atoms with E-state index in [1.54, 1.807) is 37.3 Å². The van der Waals surface area contributed by atoms with Gasteiger partial charge in [0.25, 0.3) is 11.6 Å². The number of nitrogens with zero attached hydrogens (tertiary/aromatic N) is 2. The van der Waals surface area contributed by atoms with E-state index in [1.807, 2.05) is 37.3 Å². The third kappa shape index (κ3) is 4.92. The maximum atomic E-state index is 13.8. The van der Waals surface area contributed by atoms with Gasteiger partial charge in [-0.15, -0.1) is 0 Å². The van der Waals surface area contributed by atoms with Gasteiger partial charge in [0.05, 0.1) is 11.5 Å². The van der Waals surface area contributed by atoms with Crippen LogP contribution in [-0.2, 0) is 14.6 Å². The van der Waals surface area contributed by atoms with Crippen molar-refractivity contribution < 1.29 is 22.9 Å². The average Bonchev–Trinajstić information content (AvgIpc) is 3.05. The molecule has 0 N–H and O–H groups in total. The molecule has 1 saturated heterocycles. The molecular weight excluding hydrogens is 480 g/mol. The Hall–Kier alpha value is -4.24. The summed E-state index contributed by atoms with van der Waals surface area (Å²) in [6, 6.07) is 21.1. The van der Waals surface area contributed by atoms with Crippen LogP contribution in [0.3, 0.4) is 0 Å². The van der Waals surface area contributed by atoms with Crippen molar-refractivity contribution in [3.63, 3.8) is 0 Å². The van der Waals surface area contributed by atoms with Crippen LogP contribution in [0.15, 0.2) is 95.4 Å². The summed E-state index contributed by atoms with van der Waals surface area (Å²) in [6.45, 7) is 4.00. The summed E-state index contributed by atoms with van der Waals surface area (Å²) in [5, 5.41) is 9.91. The van der Waals surface area contributed by atoms with E-state index in [4.69, 9.17) is 4.74 Å². The number of ether oxygens (including phenoxy) is 1. The molecule has 0 aliphatic carbocycles. The molecule has 9 heteroatoms. The van der Waals surface area contributed by atoms with Gasteiger partial charge in [-0.05, 0) is 60.9 Å². The first-order chi connectivity index (χ1) is 17.2. The average molecular weight is 505 g/mol. The Morgan fingerprint density at radius 2 is 1.75 bits per heavy atom. The van der Waals surface area contributed by atoms with Crippen LogP contribution in [0, 0.1) is 10.1 Å². The molecule has 1 aliphatic heterocycles. The van der Waals surface area contributed by atoms with Gasteiger partial charge < -0.3 is 4.74 Å². The second-order valence-corrected chi connectivity index (χ2v) is 10.1. The lowest BCUT2D eigenvalue weighted by molar-refractivity contribution is -0.384. The standard InChI is InChI=1S/C27H24N2O6S/c1-3-35-24-14-12-22(13-15-24)28-26(30)25(17-19(2)16-20-8-5-4-6-9-20)36(33,34)27(28)21-10-7-11-23(18-21)29(31)32/h4-18,27H,3H2,1-2H3/b19-16+,25-17+. The van der Waals surface area contributed by atoms with Crippen LogP contribution in [0.4, 0.5) is 11.4 Å². The fourth-order valence-corrected chi connectivity index (χ4v) is 5.99. The lowest BCUT2D eigenvalue weighted by Gasteiger charge is -2.23. The first kappa shape index (κ1) is 24.9. The fourth-order valence-electron chi connectivity index (χ4n) is 4.05. The van der Waals surface area contributed by atoms with Crippen molar-refractivity contribution in [3.05, 3.63) is 117 Å². The number of anilines is 1. The van der Waals surface area contributed by atoms with Crippen LogP contribution in [0.5, 0.6) is 5.75 Å². The molecule has 1 aliphatic rings. The van der Waals surface area contributed by atoms with E-state index in [2.05, 4.69) is 0 Å². The molecule has 184 valence electrons.